The van der Waals surface area contributed by atoms with Crippen LogP contribution in [0.1, 0.15) is 194 Å². The highest BCUT2D eigenvalue weighted by Crippen LogP contribution is 2.15. The summed E-state index contributed by atoms with van der Waals surface area (Å²) in [7, 11) is 4.22. The summed E-state index contributed by atoms with van der Waals surface area (Å²) in [6.07, 6.45) is 38.9. The van der Waals surface area contributed by atoms with Gasteiger partial charge in [-0.1, -0.05) is 181 Å². The normalized spacial score (nSPS) is 11.5. The minimum atomic E-state index is 0.378. The van der Waals surface area contributed by atoms with Crippen LogP contribution in [0.3, 0.4) is 0 Å². The molecule has 0 saturated carbocycles. The molecule has 0 aliphatic heterocycles. The molecule has 0 rings (SSSR count). The van der Waals surface area contributed by atoms with E-state index in [9.17, 15) is 4.79 Å². The summed E-state index contributed by atoms with van der Waals surface area (Å²) in [5.41, 5.74) is 0. The smallest absolute Gasteiger partial charge is 0.232 e. The van der Waals surface area contributed by atoms with Crippen molar-refractivity contribution in [1.82, 2.24) is 9.80 Å². The van der Waals surface area contributed by atoms with Gasteiger partial charge >= 0.3 is 0 Å². The first-order valence-electron chi connectivity index (χ1n) is 19.1. The van der Waals surface area contributed by atoms with E-state index in [1.54, 1.807) is 0 Å². The molecule has 0 aliphatic rings. The van der Waals surface area contributed by atoms with Crippen LogP contribution in [-0.2, 0) is 4.79 Å². The van der Waals surface area contributed by atoms with Gasteiger partial charge in [0.2, 0.25) is 5.91 Å². The van der Waals surface area contributed by atoms with Crippen molar-refractivity contribution in [3.8, 4) is 0 Å². The van der Waals surface area contributed by atoms with Gasteiger partial charge in [-0.15, -0.1) is 0 Å². The minimum Gasteiger partial charge on any atom is -0.342 e. The van der Waals surface area contributed by atoms with Crippen molar-refractivity contribution >= 4 is 17.7 Å². The molecule has 252 valence electrons. The van der Waals surface area contributed by atoms with E-state index in [0.717, 1.165) is 25.4 Å². The Labute approximate surface area is 270 Å². The Hall–Kier alpha value is -0.220. The average Bonchev–Trinajstić information content (AvgIpc) is 2.98. The molecule has 0 radical (unpaired) electrons. The summed E-state index contributed by atoms with van der Waals surface area (Å²) in [5.74, 6) is 2.08. The number of carbonyl (C=O) groups is 1. The fraction of sp³-hybridized carbons (Fsp3) is 0.974. The van der Waals surface area contributed by atoms with Crippen LogP contribution in [0.2, 0.25) is 0 Å². The Morgan fingerprint density at radius 1 is 0.429 bits per heavy atom. The molecule has 4 heteroatoms. The highest BCUT2D eigenvalue weighted by molar-refractivity contribution is 7.99. The van der Waals surface area contributed by atoms with Gasteiger partial charge in [0.1, 0.15) is 0 Å². The van der Waals surface area contributed by atoms with Crippen molar-refractivity contribution in [3.05, 3.63) is 0 Å². The summed E-state index contributed by atoms with van der Waals surface area (Å²) >= 11 is 1.81. The summed E-state index contributed by atoms with van der Waals surface area (Å²) < 4.78 is 0. The Kier molecular flexibility index (Phi) is 35.1. The first-order valence-corrected chi connectivity index (χ1v) is 20.3. The Morgan fingerprint density at radius 3 is 1.00 bits per heavy atom. The molecule has 0 atom stereocenters. The fourth-order valence-corrected chi connectivity index (χ4v) is 6.85. The third-order valence-electron chi connectivity index (χ3n) is 8.82. The van der Waals surface area contributed by atoms with Gasteiger partial charge in [-0.2, -0.15) is 11.8 Å². The second-order valence-corrected chi connectivity index (χ2v) is 14.5. The Bertz CT molecular complexity index is 495. The Morgan fingerprint density at radius 2 is 0.714 bits per heavy atom. The van der Waals surface area contributed by atoms with Crippen LogP contribution in [0, 0.1) is 0 Å². The second-order valence-electron chi connectivity index (χ2n) is 13.4. The molecule has 0 aliphatic carbocycles. The van der Waals surface area contributed by atoms with Crippen molar-refractivity contribution in [2.24, 2.45) is 0 Å². The van der Waals surface area contributed by atoms with Crippen LogP contribution < -0.4 is 0 Å². The van der Waals surface area contributed by atoms with Gasteiger partial charge in [0.05, 0.1) is 5.75 Å². The van der Waals surface area contributed by atoms with Crippen molar-refractivity contribution in [2.45, 2.75) is 194 Å². The van der Waals surface area contributed by atoms with E-state index >= 15 is 0 Å². The summed E-state index contributed by atoms with van der Waals surface area (Å²) in [4.78, 5) is 17.4. The number of carbonyl (C=O) groups excluding carboxylic acids is 1. The first kappa shape index (κ1) is 41.8. The lowest BCUT2D eigenvalue weighted by Crippen LogP contribution is -2.34. The van der Waals surface area contributed by atoms with Crippen molar-refractivity contribution in [2.75, 3.05) is 45.2 Å². The molecule has 0 aromatic heterocycles. The number of amides is 1. The molecule has 0 bridgehead atoms. The van der Waals surface area contributed by atoms with Crippen LogP contribution in [0.5, 0.6) is 0 Å². The maximum absolute atomic E-state index is 13.0. The lowest BCUT2D eigenvalue weighted by Gasteiger charge is -2.23. The number of unbranched alkanes of at least 4 members (excludes halogenated alkanes) is 26. The summed E-state index contributed by atoms with van der Waals surface area (Å²) in [6, 6.07) is 0. The maximum Gasteiger partial charge on any atom is 0.232 e. The predicted octanol–water partition coefficient (Wildman–Crippen LogP) is 12.1. The van der Waals surface area contributed by atoms with Crippen LogP contribution in [0.15, 0.2) is 0 Å². The predicted molar refractivity (Wildman–Crippen MR) is 193 cm³/mol. The van der Waals surface area contributed by atoms with Crippen molar-refractivity contribution in [3.63, 3.8) is 0 Å². The number of hydrogen-bond donors (Lipinski definition) is 0. The molecule has 0 saturated heterocycles. The fourth-order valence-electron chi connectivity index (χ4n) is 5.85. The highest BCUT2D eigenvalue weighted by Gasteiger charge is 2.13. The molecule has 0 unspecified atom stereocenters. The average molecular weight is 611 g/mol. The highest BCUT2D eigenvalue weighted by atomic mass is 32.2. The van der Waals surface area contributed by atoms with E-state index in [4.69, 9.17) is 0 Å². The van der Waals surface area contributed by atoms with E-state index in [-0.39, 0.29) is 0 Å². The van der Waals surface area contributed by atoms with Crippen molar-refractivity contribution < 1.29 is 4.79 Å². The van der Waals surface area contributed by atoms with Gasteiger partial charge in [0, 0.05) is 25.4 Å². The van der Waals surface area contributed by atoms with Crippen molar-refractivity contribution in [1.29, 1.82) is 0 Å². The quantitative estimate of drug-likeness (QED) is 0.0667. The summed E-state index contributed by atoms with van der Waals surface area (Å²) in [6.45, 7) is 7.60. The van der Waals surface area contributed by atoms with Gasteiger partial charge in [-0.05, 0) is 26.9 Å². The van der Waals surface area contributed by atoms with Gasteiger partial charge in [0.25, 0.3) is 0 Å². The lowest BCUT2D eigenvalue weighted by atomic mass is 10.0. The third-order valence-corrected chi connectivity index (χ3v) is 9.75. The van der Waals surface area contributed by atoms with Crippen LogP contribution in [0.25, 0.3) is 0 Å². The molecular weight excluding hydrogens is 532 g/mol. The van der Waals surface area contributed by atoms with Crippen LogP contribution in [0.4, 0.5) is 0 Å². The molecule has 0 spiro atoms. The van der Waals surface area contributed by atoms with Crippen LogP contribution in [-0.4, -0.2) is 60.9 Å². The molecule has 3 nitrogen and oxygen atoms in total. The van der Waals surface area contributed by atoms with Gasteiger partial charge in [-0.3, -0.25) is 4.79 Å². The van der Waals surface area contributed by atoms with E-state index in [1.165, 1.54) is 180 Å². The molecule has 0 N–H and O–H groups in total. The second kappa shape index (κ2) is 35.3. The third kappa shape index (κ3) is 32.7. The summed E-state index contributed by atoms with van der Waals surface area (Å²) in [5, 5.41) is 0. The van der Waals surface area contributed by atoms with Gasteiger partial charge in [-0.25, -0.2) is 0 Å². The zero-order valence-corrected chi connectivity index (χ0v) is 30.4. The number of hydrogen-bond acceptors (Lipinski definition) is 3. The molecule has 0 fully saturated rings. The van der Waals surface area contributed by atoms with E-state index < -0.39 is 0 Å². The molecule has 42 heavy (non-hydrogen) atoms. The standard InChI is InChI=1S/C38H78N2OS/c1-5-7-9-11-13-15-17-19-21-23-25-27-29-31-33-40(38(41)37-42-36-35-39(3)4)34-32-30-28-26-24-22-20-18-16-14-12-10-8-6-2/h5-37H2,1-4H3. The molecule has 0 aromatic rings. The van der Waals surface area contributed by atoms with E-state index in [2.05, 4.69) is 37.7 Å². The van der Waals surface area contributed by atoms with E-state index in [0.29, 0.717) is 11.7 Å². The Balaban J connectivity index is 3.91. The lowest BCUT2D eigenvalue weighted by molar-refractivity contribution is -0.128. The van der Waals surface area contributed by atoms with Gasteiger partial charge < -0.3 is 9.80 Å². The number of nitrogens with zero attached hydrogens (tertiary/aromatic N) is 2. The monoisotopic (exact) mass is 611 g/mol. The van der Waals surface area contributed by atoms with Crippen LogP contribution >= 0.6 is 11.8 Å². The zero-order chi connectivity index (χ0) is 30.8. The topological polar surface area (TPSA) is 23.6 Å². The minimum absolute atomic E-state index is 0.378. The zero-order valence-electron chi connectivity index (χ0n) is 29.5. The SMILES string of the molecule is CCCCCCCCCCCCCCCCN(CCCCCCCCCCCCCCCC)C(=O)CSCCN(C)C. The van der Waals surface area contributed by atoms with E-state index in [1.807, 2.05) is 11.8 Å². The largest absolute Gasteiger partial charge is 0.342 e. The first-order chi connectivity index (χ1) is 20.6. The number of thioether (sulfide) groups is 1. The molecule has 0 aromatic carbocycles. The molecule has 0 heterocycles. The molecule has 1 amide bonds. The van der Waals surface area contributed by atoms with Gasteiger partial charge in [0.15, 0.2) is 0 Å². The maximum atomic E-state index is 13.0. The number of rotatable bonds is 35. The molecular formula is C38H78N2OS.